The Morgan fingerprint density at radius 1 is 0.805 bits per heavy atom. The lowest BCUT2D eigenvalue weighted by atomic mass is 9.87. The van der Waals surface area contributed by atoms with Gasteiger partial charge in [0.1, 0.15) is 4.90 Å². The minimum absolute atomic E-state index is 0.000312. The van der Waals surface area contributed by atoms with Gasteiger partial charge in [-0.15, -0.1) is 0 Å². The predicted molar refractivity (Wildman–Crippen MR) is 150 cm³/mol. The molecule has 0 radical (unpaired) electrons. The fourth-order valence-corrected chi connectivity index (χ4v) is 6.58. The molecule has 224 valence electrons. The van der Waals surface area contributed by atoms with Crippen molar-refractivity contribution in [2.75, 3.05) is 13.7 Å². The molecule has 0 fully saturated rings. The molecule has 3 rings (SSSR count). The van der Waals surface area contributed by atoms with Crippen molar-refractivity contribution < 1.29 is 38.9 Å². The van der Waals surface area contributed by atoms with Crippen LogP contribution >= 0.6 is 0 Å². The molecule has 0 amide bonds. The minimum atomic E-state index is -4.75. The van der Waals surface area contributed by atoms with Crippen molar-refractivity contribution >= 4 is 20.1 Å². The molecule has 0 spiro atoms. The first kappa shape index (κ1) is 32.4. The highest BCUT2D eigenvalue weighted by atomic mass is 32.2. The molecule has 0 aliphatic heterocycles. The quantitative estimate of drug-likeness (QED) is 0.239. The van der Waals surface area contributed by atoms with Crippen molar-refractivity contribution in [2.45, 2.75) is 62.5 Å². The summed E-state index contributed by atoms with van der Waals surface area (Å²) in [4.78, 5) is -0.578. The first-order valence-corrected chi connectivity index (χ1v) is 15.6. The lowest BCUT2D eigenvalue weighted by Gasteiger charge is -2.25. The summed E-state index contributed by atoms with van der Waals surface area (Å²) in [5.74, 6) is -0.326. The van der Waals surface area contributed by atoms with Crippen molar-refractivity contribution in [3.05, 3.63) is 83.4 Å². The molecular weight excluding hydrogens is 579 g/mol. The van der Waals surface area contributed by atoms with Gasteiger partial charge in [0.15, 0.2) is 11.5 Å². The maximum atomic E-state index is 13.7. The summed E-state index contributed by atoms with van der Waals surface area (Å²) in [5, 5.41) is 0. The number of methoxy groups -OCH3 is 1. The average Bonchev–Trinajstić information content (AvgIpc) is 2.87. The second kappa shape index (κ2) is 12.0. The molecule has 0 unspecified atom stereocenters. The van der Waals surface area contributed by atoms with E-state index in [1.807, 2.05) is 34.6 Å². The number of alkyl halides is 3. The SMILES string of the molecule is COc1ccc(CN(CC(C)C)S(=O)(=O)c2ccc(C(C)(C)C)cc2)cc1OS(=O)(=O)c1cccc(C(F)(F)F)c1. The molecule has 0 bridgehead atoms. The van der Waals surface area contributed by atoms with Crippen LogP contribution in [0, 0.1) is 5.92 Å². The highest BCUT2D eigenvalue weighted by molar-refractivity contribution is 7.89. The highest BCUT2D eigenvalue weighted by Crippen LogP contribution is 2.34. The Bertz CT molecular complexity index is 1580. The lowest BCUT2D eigenvalue weighted by molar-refractivity contribution is -0.137. The van der Waals surface area contributed by atoms with Gasteiger partial charge in [-0.05, 0) is 64.9 Å². The van der Waals surface area contributed by atoms with Gasteiger partial charge in [0.05, 0.1) is 17.6 Å². The van der Waals surface area contributed by atoms with Gasteiger partial charge in [0.25, 0.3) is 0 Å². The third kappa shape index (κ3) is 8.02. The van der Waals surface area contributed by atoms with Gasteiger partial charge >= 0.3 is 16.3 Å². The third-order valence-corrected chi connectivity index (χ3v) is 9.22. The van der Waals surface area contributed by atoms with Gasteiger partial charge in [0, 0.05) is 13.1 Å². The Morgan fingerprint density at radius 2 is 1.44 bits per heavy atom. The zero-order chi connectivity index (χ0) is 30.8. The van der Waals surface area contributed by atoms with Crippen LogP contribution < -0.4 is 8.92 Å². The van der Waals surface area contributed by atoms with Crippen molar-refractivity contribution in [2.24, 2.45) is 5.92 Å². The molecule has 12 heteroatoms. The van der Waals surface area contributed by atoms with E-state index >= 15 is 0 Å². The van der Waals surface area contributed by atoms with E-state index in [0.29, 0.717) is 11.6 Å². The summed E-state index contributed by atoms with van der Waals surface area (Å²) in [6.07, 6.45) is -4.75. The Hall–Kier alpha value is -3.09. The van der Waals surface area contributed by atoms with Crippen molar-refractivity contribution in [1.82, 2.24) is 4.31 Å². The second-order valence-electron chi connectivity index (χ2n) is 11.0. The van der Waals surface area contributed by atoms with Crippen LogP contribution in [0.2, 0.25) is 0 Å². The molecule has 0 saturated carbocycles. The Morgan fingerprint density at radius 3 is 1.98 bits per heavy atom. The van der Waals surface area contributed by atoms with Gasteiger partial charge in [-0.1, -0.05) is 58.9 Å². The van der Waals surface area contributed by atoms with Crippen LogP contribution in [0.15, 0.2) is 76.5 Å². The van der Waals surface area contributed by atoms with Gasteiger partial charge in [-0.25, -0.2) is 8.42 Å². The van der Waals surface area contributed by atoms with Crippen LogP contribution in [0.25, 0.3) is 0 Å². The molecule has 41 heavy (non-hydrogen) atoms. The lowest BCUT2D eigenvalue weighted by Crippen LogP contribution is -2.34. The van der Waals surface area contributed by atoms with Crippen LogP contribution in [0.3, 0.4) is 0 Å². The number of halogens is 3. The third-order valence-electron chi connectivity index (χ3n) is 6.16. The largest absolute Gasteiger partial charge is 0.493 e. The van der Waals surface area contributed by atoms with Gasteiger partial charge in [-0.2, -0.15) is 25.9 Å². The van der Waals surface area contributed by atoms with Gasteiger partial charge in [-0.3, -0.25) is 0 Å². The summed E-state index contributed by atoms with van der Waals surface area (Å²) in [6.45, 7) is 9.87. The molecule has 0 saturated heterocycles. The topological polar surface area (TPSA) is 90.0 Å². The first-order chi connectivity index (χ1) is 18.8. The van der Waals surface area contributed by atoms with E-state index in [1.54, 1.807) is 30.3 Å². The Kier molecular flexibility index (Phi) is 9.51. The zero-order valence-corrected chi connectivity index (χ0v) is 25.3. The molecule has 0 aliphatic carbocycles. The molecule has 0 heterocycles. The number of benzene rings is 3. The fraction of sp³-hybridized carbons (Fsp3) is 0.379. The summed E-state index contributed by atoms with van der Waals surface area (Å²) in [6, 6.07) is 14.1. The summed E-state index contributed by atoms with van der Waals surface area (Å²) >= 11 is 0. The van der Waals surface area contributed by atoms with Crippen LogP contribution in [-0.2, 0) is 38.3 Å². The zero-order valence-electron chi connectivity index (χ0n) is 23.7. The van der Waals surface area contributed by atoms with Crippen molar-refractivity contribution in [3.63, 3.8) is 0 Å². The number of ether oxygens (including phenoxy) is 1. The highest BCUT2D eigenvalue weighted by Gasteiger charge is 2.32. The second-order valence-corrected chi connectivity index (χ2v) is 14.5. The molecule has 0 N–H and O–H groups in total. The van der Waals surface area contributed by atoms with Crippen molar-refractivity contribution in [1.29, 1.82) is 0 Å². The molecule has 3 aromatic rings. The van der Waals surface area contributed by atoms with Crippen LogP contribution in [0.5, 0.6) is 11.5 Å². The fourth-order valence-electron chi connectivity index (χ4n) is 4.01. The van der Waals surface area contributed by atoms with E-state index < -0.39 is 36.8 Å². The van der Waals surface area contributed by atoms with Crippen LogP contribution in [0.1, 0.15) is 51.3 Å². The normalized spacial score (nSPS) is 13.0. The number of hydrogen-bond donors (Lipinski definition) is 0. The average molecular weight is 614 g/mol. The molecule has 7 nitrogen and oxygen atoms in total. The number of rotatable bonds is 10. The minimum Gasteiger partial charge on any atom is -0.493 e. The molecular formula is C29H34F3NO6S2. The van der Waals surface area contributed by atoms with Crippen LogP contribution in [-0.4, -0.2) is 34.8 Å². The molecule has 0 aromatic heterocycles. The smallest absolute Gasteiger partial charge is 0.416 e. The number of hydrogen-bond acceptors (Lipinski definition) is 6. The molecule has 3 aromatic carbocycles. The molecule has 0 atom stereocenters. The summed E-state index contributed by atoms with van der Waals surface area (Å²) in [5.41, 5.74) is 0.0580. The Balaban J connectivity index is 1.97. The van der Waals surface area contributed by atoms with E-state index in [4.69, 9.17) is 8.92 Å². The first-order valence-electron chi connectivity index (χ1n) is 12.7. The standard InChI is InChI=1S/C29H34F3NO6S2/c1-20(2)18-33(40(34,35)24-13-11-22(12-14-24)28(3,4)5)19-21-10-15-26(38-6)27(16-21)39-41(36,37)25-9-7-8-23(17-25)29(30,31)32/h7-17,20H,18-19H2,1-6H3. The van der Waals surface area contributed by atoms with E-state index in [-0.39, 0.29) is 40.8 Å². The number of sulfonamides is 1. The maximum absolute atomic E-state index is 13.7. The van der Waals surface area contributed by atoms with E-state index in [2.05, 4.69) is 0 Å². The summed E-state index contributed by atoms with van der Waals surface area (Å²) in [7, 11) is -7.36. The van der Waals surface area contributed by atoms with Gasteiger partial charge in [0.2, 0.25) is 10.0 Å². The number of nitrogens with zero attached hydrogens (tertiary/aromatic N) is 1. The van der Waals surface area contributed by atoms with Crippen LogP contribution in [0.4, 0.5) is 13.2 Å². The summed E-state index contributed by atoms with van der Waals surface area (Å²) < 4.78 is 104. The van der Waals surface area contributed by atoms with E-state index in [0.717, 1.165) is 23.8 Å². The maximum Gasteiger partial charge on any atom is 0.416 e. The van der Waals surface area contributed by atoms with E-state index in [1.165, 1.54) is 23.5 Å². The monoisotopic (exact) mass is 613 g/mol. The Labute approximate surface area is 240 Å². The van der Waals surface area contributed by atoms with Gasteiger partial charge < -0.3 is 8.92 Å². The van der Waals surface area contributed by atoms with Crippen molar-refractivity contribution in [3.8, 4) is 11.5 Å². The molecule has 0 aliphatic rings. The van der Waals surface area contributed by atoms with E-state index in [9.17, 15) is 30.0 Å². The predicted octanol–water partition coefficient (Wildman–Crippen LogP) is 6.63.